The first kappa shape index (κ1) is 11.3. The first-order valence-corrected chi connectivity index (χ1v) is 6.56. The van der Waals surface area contributed by atoms with Gasteiger partial charge in [0.25, 0.3) is 0 Å². The fourth-order valence-corrected chi connectivity index (χ4v) is 2.48. The quantitative estimate of drug-likeness (QED) is 0.731. The highest BCUT2D eigenvalue weighted by atomic mass is 32.2. The lowest BCUT2D eigenvalue weighted by molar-refractivity contribution is 0.431. The van der Waals surface area contributed by atoms with Crippen LogP contribution in [0.2, 0.25) is 0 Å². The van der Waals surface area contributed by atoms with Crippen LogP contribution in [0, 0.1) is 11.3 Å². The molecule has 1 aliphatic rings. The third-order valence-corrected chi connectivity index (χ3v) is 3.74. The molecule has 0 radical (unpaired) electrons. The summed E-state index contributed by atoms with van der Waals surface area (Å²) >= 11 is 1.79. The normalized spacial score (nSPS) is 17.1. The lowest BCUT2D eigenvalue weighted by atomic mass is 10.1. The van der Waals surface area contributed by atoms with E-state index < -0.39 is 0 Å². The molecule has 0 saturated carbocycles. The zero-order chi connectivity index (χ0) is 11.4. The van der Waals surface area contributed by atoms with E-state index >= 15 is 0 Å². The molecule has 1 aliphatic heterocycles. The molecule has 0 atom stereocenters. The van der Waals surface area contributed by atoms with Crippen LogP contribution in [0.3, 0.4) is 0 Å². The zero-order valence-electron chi connectivity index (χ0n) is 9.39. The van der Waals surface area contributed by atoms with Crippen LogP contribution in [0.4, 0.5) is 5.69 Å². The van der Waals surface area contributed by atoms with Crippen LogP contribution in [0.5, 0.6) is 0 Å². The predicted octanol–water partition coefficient (Wildman–Crippen LogP) is 1.96. The van der Waals surface area contributed by atoms with Crippen molar-refractivity contribution in [2.24, 2.45) is 0 Å². The zero-order valence-corrected chi connectivity index (χ0v) is 10.2. The van der Waals surface area contributed by atoms with Gasteiger partial charge in [0.05, 0.1) is 11.3 Å². The van der Waals surface area contributed by atoms with Crippen LogP contribution in [0.15, 0.2) is 24.3 Å². The molecule has 1 heterocycles. The number of nitriles is 1. The van der Waals surface area contributed by atoms with E-state index in [9.17, 15) is 0 Å². The number of para-hydroxylation sites is 1. The van der Waals surface area contributed by atoms with Crippen molar-refractivity contribution in [3.05, 3.63) is 29.8 Å². The van der Waals surface area contributed by atoms with E-state index in [4.69, 9.17) is 5.26 Å². The number of hydrogen-bond acceptors (Lipinski definition) is 4. The maximum Gasteiger partial charge on any atom is 0.101 e. The van der Waals surface area contributed by atoms with Crippen molar-refractivity contribution in [2.75, 3.05) is 37.3 Å². The summed E-state index contributed by atoms with van der Waals surface area (Å²) < 4.78 is 2.35. The number of rotatable bonds is 2. The summed E-state index contributed by atoms with van der Waals surface area (Å²) in [4.78, 5) is 2.30. The molecule has 4 heteroatoms. The minimum Gasteiger partial charge on any atom is -0.368 e. The monoisotopic (exact) mass is 233 g/mol. The Balaban J connectivity index is 2.11. The molecule has 84 valence electrons. The highest BCUT2D eigenvalue weighted by Crippen LogP contribution is 2.22. The van der Waals surface area contributed by atoms with Gasteiger partial charge in [0.1, 0.15) is 6.07 Å². The summed E-state index contributed by atoms with van der Waals surface area (Å²) in [5.41, 5.74) is 1.85. The Hall–Kier alpha value is -1.18. The van der Waals surface area contributed by atoms with Gasteiger partial charge in [-0.2, -0.15) is 5.26 Å². The van der Waals surface area contributed by atoms with Gasteiger partial charge in [-0.15, -0.1) is 0 Å². The third-order valence-electron chi connectivity index (χ3n) is 2.86. The van der Waals surface area contributed by atoms with E-state index in [1.54, 1.807) is 11.9 Å². The Bertz CT molecular complexity index is 391. The molecule has 0 aromatic heterocycles. The molecule has 0 unspecified atom stereocenters. The summed E-state index contributed by atoms with van der Waals surface area (Å²) in [6, 6.07) is 10.1. The molecule has 1 aromatic carbocycles. The molecule has 0 aliphatic carbocycles. The van der Waals surface area contributed by atoms with E-state index in [2.05, 4.69) is 21.5 Å². The van der Waals surface area contributed by atoms with E-state index in [-0.39, 0.29) is 0 Å². The van der Waals surface area contributed by atoms with Crippen molar-refractivity contribution in [1.82, 2.24) is 4.31 Å². The maximum absolute atomic E-state index is 9.06. The summed E-state index contributed by atoms with van der Waals surface area (Å²) in [6.07, 6.45) is 2.11. The number of benzene rings is 1. The smallest absolute Gasteiger partial charge is 0.101 e. The first-order chi connectivity index (χ1) is 7.85. The van der Waals surface area contributed by atoms with Crippen molar-refractivity contribution in [1.29, 1.82) is 5.26 Å². The molecule has 1 fully saturated rings. The lowest BCUT2D eigenvalue weighted by Crippen LogP contribution is -2.43. The molecule has 0 amide bonds. The molecule has 0 spiro atoms. The maximum atomic E-state index is 9.06. The van der Waals surface area contributed by atoms with Gasteiger partial charge in [0.15, 0.2) is 0 Å². The standard InChI is InChI=1S/C12H15N3S/c1-16-15-8-6-14(7-9-15)12-5-3-2-4-11(12)10-13/h2-5H,6-9H2,1H3. The summed E-state index contributed by atoms with van der Waals surface area (Å²) in [5.74, 6) is 0. The molecule has 1 saturated heterocycles. The van der Waals surface area contributed by atoms with Crippen LogP contribution in [-0.2, 0) is 0 Å². The number of piperazine rings is 1. The second-order valence-corrected chi connectivity index (χ2v) is 4.61. The number of nitrogens with zero attached hydrogens (tertiary/aromatic N) is 3. The highest BCUT2D eigenvalue weighted by molar-refractivity contribution is 7.96. The van der Waals surface area contributed by atoms with Gasteiger partial charge in [0, 0.05) is 26.2 Å². The van der Waals surface area contributed by atoms with Crippen molar-refractivity contribution in [3.63, 3.8) is 0 Å². The van der Waals surface area contributed by atoms with Gasteiger partial charge in [-0.05, 0) is 18.4 Å². The average molecular weight is 233 g/mol. The lowest BCUT2D eigenvalue weighted by Gasteiger charge is -2.35. The van der Waals surface area contributed by atoms with E-state index in [0.717, 1.165) is 37.4 Å². The molecule has 0 N–H and O–H groups in total. The van der Waals surface area contributed by atoms with Crippen LogP contribution < -0.4 is 4.90 Å². The van der Waals surface area contributed by atoms with Crippen LogP contribution in [0.25, 0.3) is 0 Å². The Kier molecular flexibility index (Phi) is 3.70. The van der Waals surface area contributed by atoms with Crippen molar-refractivity contribution >= 4 is 17.6 Å². The molecule has 1 aromatic rings. The van der Waals surface area contributed by atoms with Crippen LogP contribution >= 0.6 is 11.9 Å². The van der Waals surface area contributed by atoms with E-state index in [1.807, 2.05) is 24.3 Å². The second-order valence-electron chi connectivity index (χ2n) is 3.73. The van der Waals surface area contributed by atoms with Gasteiger partial charge in [-0.1, -0.05) is 24.1 Å². The molecular formula is C12H15N3S. The molecule has 0 bridgehead atoms. The fraction of sp³-hybridized carbons (Fsp3) is 0.417. The largest absolute Gasteiger partial charge is 0.368 e. The Morgan fingerprint density at radius 1 is 1.19 bits per heavy atom. The fourth-order valence-electron chi connectivity index (χ4n) is 1.96. The minimum absolute atomic E-state index is 0.778. The Morgan fingerprint density at radius 2 is 1.88 bits per heavy atom. The summed E-state index contributed by atoms with van der Waals surface area (Å²) in [5, 5.41) is 9.06. The average Bonchev–Trinajstić information content (AvgIpc) is 2.39. The minimum atomic E-state index is 0.778. The Labute approximate surface area is 101 Å². The van der Waals surface area contributed by atoms with Gasteiger partial charge in [-0.3, -0.25) is 0 Å². The van der Waals surface area contributed by atoms with Crippen molar-refractivity contribution in [3.8, 4) is 6.07 Å². The van der Waals surface area contributed by atoms with Crippen molar-refractivity contribution < 1.29 is 0 Å². The van der Waals surface area contributed by atoms with E-state index in [1.165, 1.54) is 0 Å². The van der Waals surface area contributed by atoms with Gasteiger partial charge < -0.3 is 4.90 Å². The second kappa shape index (κ2) is 5.24. The predicted molar refractivity (Wildman–Crippen MR) is 68.5 cm³/mol. The SMILES string of the molecule is CSN1CCN(c2ccccc2C#N)CC1. The van der Waals surface area contributed by atoms with Crippen molar-refractivity contribution in [2.45, 2.75) is 0 Å². The van der Waals surface area contributed by atoms with Gasteiger partial charge >= 0.3 is 0 Å². The number of hydrogen-bond donors (Lipinski definition) is 0. The van der Waals surface area contributed by atoms with Crippen LogP contribution in [0.1, 0.15) is 5.56 Å². The summed E-state index contributed by atoms with van der Waals surface area (Å²) in [6.45, 7) is 4.11. The first-order valence-electron chi connectivity index (χ1n) is 5.38. The van der Waals surface area contributed by atoms with Gasteiger partial charge in [0.2, 0.25) is 0 Å². The molecule has 2 rings (SSSR count). The van der Waals surface area contributed by atoms with Crippen LogP contribution in [-0.4, -0.2) is 36.7 Å². The molecular weight excluding hydrogens is 218 g/mol. The molecule has 3 nitrogen and oxygen atoms in total. The summed E-state index contributed by atoms with van der Waals surface area (Å²) in [7, 11) is 0. The van der Waals surface area contributed by atoms with E-state index in [0.29, 0.717) is 0 Å². The Morgan fingerprint density at radius 3 is 2.50 bits per heavy atom. The topological polar surface area (TPSA) is 30.3 Å². The highest BCUT2D eigenvalue weighted by Gasteiger charge is 2.18. The third kappa shape index (κ3) is 2.31. The van der Waals surface area contributed by atoms with Gasteiger partial charge in [-0.25, -0.2) is 4.31 Å². The molecule has 16 heavy (non-hydrogen) atoms. The number of anilines is 1.